The van der Waals surface area contributed by atoms with Gasteiger partial charge in [0.05, 0.1) is 12.2 Å². The van der Waals surface area contributed by atoms with E-state index in [4.69, 9.17) is 0 Å². The largest absolute Gasteiger partial charge is 0.362 e. The van der Waals surface area contributed by atoms with Crippen molar-refractivity contribution < 1.29 is 0 Å². The first-order valence-electron chi connectivity index (χ1n) is 7.17. The van der Waals surface area contributed by atoms with Gasteiger partial charge < -0.3 is 9.80 Å². The smallest absolute Gasteiger partial charge is 0.227 e. The van der Waals surface area contributed by atoms with Gasteiger partial charge in [-0.2, -0.15) is 4.98 Å². The number of aryl methyl sites for hydroxylation is 2. The van der Waals surface area contributed by atoms with E-state index >= 15 is 0 Å². The molecule has 0 aliphatic carbocycles. The van der Waals surface area contributed by atoms with Gasteiger partial charge in [0.1, 0.15) is 5.82 Å². The number of aromatic nitrogens is 3. The first-order chi connectivity index (χ1) is 10.0. The van der Waals surface area contributed by atoms with E-state index in [1.165, 1.54) is 5.56 Å². The van der Waals surface area contributed by atoms with Crippen LogP contribution in [0, 0.1) is 6.92 Å². The number of hydrogen-bond acceptors (Lipinski definition) is 5. The van der Waals surface area contributed by atoms with Crippen molar-refractivity contribution in [1.29, 1.82) is 0 Å². The molecule has 0 saturated heterocycles. The van der Waals surface area contributed by atoms with Gasteiger partial charge in [-0.1, -0.05) is 13.0 Å². The molecule has 5 heteroatoms. The average molecular weight is 285 g/mol. The second-order valence-corrected chi connectivity index (χ2v) is 5.44. The van der Waals surface area contributed by atoms with Crippen LogP contribution in [0.4, 0.5) is 11.8 Å². The van der Waals surface area contributed by atoms with Crippen molar-refractivity contribution in [3.63, 3.8) is 0 Å². The van der Waals surface area contributed by atoms with Crippen LogP contribution in [0.1, 0.15) is 23.7 Å². The van der Waals surface area contributed by atoms with Crippen LogP contribution < -0.4 is 9.80 Å². The maximum absolute atomic E-state index is 4.61. The number of pyridine rings is 1. The van der Waals surface area contributed by atoms with Gasteiger partial charge in [0.25, 0.3) is 0 Å². The Hall–Kier alpha value is -2.17. The maximum Gasteiger partial charge on any atom is 0.227 e. The molecule has 0 saturated carbocycles. The molecular weight excluding hydrogens is 262 g/mol. The minimum absolute atomic E-state index is 0.694. The van der Waals surface area contributed by atoms with Gasteiger partial charge in [-0.05, 0) is 25.0 Å². The van der Waals surface area contributed by atoms with Crippen molar-refractivity contribution in [2.24, 2.45) is 0 Å². The summed E-state index contributed by atoms with van der Waals surface area (Å²) in [5.74, 6) is 1.66. The Kier molecular flexibility index (Phi) is 4.73. The van der Waals surface area contributed by atoms with Gasteiger partial charge in [0.15, 0.2) is 0 Å². The molecule has 2 heterocycles. The highest BCUT2D eigenvalue weighted by Crippen LogP contribution is 2.18. The molecule has 0 radical (unpaired) electrons. The molecule has 0 bridgehead atoms. The Morgan fingerprint density at radius 3 is 2.38 bits per heavy atom. The van der Waals surface area contributed by atoms with E-state index in [1.54, 1.807) is 0 Å². The lowest BCUT2D eigenvalue weighted by Gasteiger charge is -2.20. The van der Waals surface area contributed by atoms with Crippen molar-refractivity contribution in [3.05, 3.63) is 41.3 Å². The molecule has 0 amide bonds. The Morgan fingerprint density at radius 1 is 1.05 bits per heavy atom. The lowest BCUT2D eigenvalue weighted by molar-refractivity contribution is 0.832. The van der Waals surface area contributed by atoms with E-state index in [1.807, 2.05) is 50.3 Å². The standard InChI is InChI=1S/C16H23N5/c1-6-13-7-8-14(17-10-13)11-21(5)16-18-9-12(2)15(19-16)20(3)4/h7-10H,6,11H2,1-5H3. The zero-order valence-corrected chi connectivity index (χ0v) is 13.5. The van der Waals surface area contributed by atoms with Crippen LogP contribution in [0.15, 0.2) is 24.5 Å². The molecule has 112 valence electrons. The van der Waals surface area contributed by atoms with Crippen LogP contribution in [0.3, 0.4) is 0 Å². The monoisotopic (exact) mass is 285 g/mol. The summed E-state index contributed by atoms with van der Waals surface area (Å²) < 4.78 is 0. The zero-order chi connectivity index (χ0) is 15.4. The summed E-state index contributed by atoms with van der Waals surface area (Å²) in [5.41, 5.74) is 3.34. The van der Waals surface area contributed by atoms with Gasteiger partial charge in [-0.3, -0.25) is 4.98 Å². The van der Waals surface area contributed by atoms with Crippen LogP contribution >= 0.6 is 0 Å². The molecule has 2 aromatic rings. The van der Waals surface area contributed by atoms with Crippen LogP contribution in [0.5, 0.6) is 0 Å². The normalized spacial score (nSPS) is 10.5. The van der Waals surface area contributed by atoms with Crippen molar-refractivity contribution >= 4 is 11.8 Å². The summed E-state index contributed by atoms with van der Waals surface area (Å²) in [6, 6.07) is 4.19. The lowest BCUT2D eigenvalue weighted by atomic mass is 10.2. The van der Waals surface area contributed by atoms with Gasteiger partial charge >= 0.3 is 0 Å². The minimum atomic E-state index is 0.694. The highest BCUT2D eigenvalue weighted by atomic mass is 15.3. The van der Waals surface area contributed by atoms with E-state index in [2.05, 4.69) is 34.0 Å². The summed E-state index contributed by atoms with van der Waals surface area (Å²) in [6.45, 7) is 4.84. The summed E-state index contributed by atoms with van der Waals surface area (Å²) in [7, 11) is 5.97. The third kappa shape index (κ3) is 3.68. The summed E-state index contributed by atoms with van der Waals surface area (Å²) in [6.07, 6.45) is 4.81. The van der Waals surface area contributed by atoms with Crippen molar-refractivity contribution in [2.45, 2.75) is 26.8 Å². The van der Waals surface area contributed by atoms with E-state index in [-0.39, 0.29) is 0 Å². The summed E-state index contributed by atoms with van der Waals surface area (Å²) in [5, 5.41) is 0. The number of anilines is 2. The molecule has 0 aliphatic heterocycles. The van der Waals surface area contributed by atoms with Gasteiger partial charge in [0, 0.05) is 39.1 Å². The van der Waals surface area contributed by atoms with Crippen molar-refractivity contribution in [1.82, 2.24) is 15.0 Å². The highest BCUT2D eigenvalue weighted by Gasteiger charge is 2.10. The van der Waals surface area contributed by atoms with E-state index in [0.29, 0.717) is 12.5 Å². The second-order valence-electron chi connectivity index (χ2n) is 5.44. The lowest BCUT2D eigenvalue weighted by Crippen LogP contribution is -2.22. The number of hydrogen-bond donors (Lipinski definition) is 0. The molecule has 0 atom stereocenters. The molecule has 0 unspecified atom stereocenters. The topological polar surface area (TPSA) is 45.2 Å². The van der Waals surface area contributed by atoms with Crippen molar-refractivity contribution in [3.8, 4) is 0 Å². The molecule has 2 rings (SSSR count). The molecule has 2 aromatic heterocycles. The minimum Gasteiger partial charge on any atom is -0.362 e. The van der Waals surface area contributed by atoms with Gasteiger partial charge in [-0.25, -0.2) is 4.98 Å². The first-order valence-corrected chi connectivity index (χ1v) is 7.17. The van der Waals surface area contributed by atoms with E-state index < -0.39 is 0 Å². The van der Waals surface area contributed by atoms with Crippen molar-refractivity contribution in [2.75, 3.05) is 30.9 Å². The second kappa shape index (κ2) is 6.52. The zero-order valence-electron chi connectivity index (χ0n) is 13.5. The van der Waals surface area contributed by atoms with Crippen LogP contribution in [-0.4, -0.2) is 36.1 Å². The molecular formula is C16H23N5. The Labute approximate surface area is 126 Å². The molecule has 0 N–H and O–H groups in total. The molecule has 0 fully saturated rings. The quantitative estimate of drug-likeness (QED) is 0.844. The number of nitrogens with zero attached hydrogens (tertiary/aromatic N) is 5. The van der Waals surface area contributed by atoms with E-state index in [9.17, 15) is 0 Å². The number of rotatable bonds is 5. The summed E-state index contributed by atoms with van der Waals surface area (Å²) in [4.78, 5) is 17.5. The molecule has 0 aliphatic rings. The maximum atomic E-state index is 4.61. The fraction of sp³-hybridized carbons (Fsp3) is 0.438. The van der Waals surface area contributed by atoms with E-state index in [0.717, 1.165) is 23.5 Å². The fourth-order valence-corrected chi connectivity index (χ4v) is 2.13. The molecule has 5 nitrogen and oxygen atoms in total. The van der Waals surface area contributed by atoms with Gasteiger partial charge in [-0.15, -0.1) is 0 Å². The fourth-order valence-electron chi connectivity index (χ4n) is 2.13. The van der Waals surface area contributed by atoms with Crippen LogP contribution in [-0.2, 0) is 13.0 Å². The van der Waals surface area contributed by atoms with Gasteiger partial charge in [0.2, 0.25) is 5.95 Å². The Balaban J connectivity index is 2.15. The third-order valence-corrected chi connectivity index (χ3v) is 3.39. The molecule has 21 heavy (non-hydrogen) atoms. The molecule has 0 spiro atoms. The first kappa shape index (κ1) is 15.2. The predicted octanol–water partition coefficient (Wildman–Crippen LogP) is 2.44. The van der Waals surface area contributed by atoms with Crippen LogP contribution in [0.25, 0.3) is 0 Å². The summed E-state index contributed by atoms with van der Waals surface area (Å²) >= 11 is 0. The molecule has 0 aromatic carbocycles. The third-order valence-electron chi connectivity index (χ3n) is 3.39. The predicted molar refractivity (Wildman–Crippen MR) is 86.8 cm³/mol. The Bertz CT molecular complexity index is 592. The highest BCUT2D eigenvalue weighted by molar-refractivity contribution is 5.48. The Morgan fingerprint density at radius 2 is 1.81 bits per heavy atom. The SMILES string of the molecule is CCc1ccc(CN(C)c2ncc(C)c(N(C)C)n2)nc1. The van der Waals surface area contributed by atoms with Crippen LogP contribution in [0.2, 0.25) is 0 Å². The average Bonchev–Trinajstić information content (AvgIpc) is 2.48.